The number of likely N-dealkylation sites (N-methyl/N-ethyl adjacent to an activating group) is 1. The Morgan fingerprint density at radius 1 is 1.19 bits per heavy atom. The van der Waals surface area contributed by atoms with Crippen LogP contribution in [0.1, 0.15) is 24.1 Å². The minimum absolute atomic E-state index is 0.0156. The Labute approximate surface area is 133 Å². The van der Waals surface area contributed by atoms with Gasteiger partial charge in [0.1, 0.15) is 11.6 Å². The van der Waals surface area contributed by atoms with Crippen LogP contribution >= 0.6 is 15.9 Å². The predicted octanol–water partition coefficient (Wildman–Crippen LogP) is 4.49. The third-order valence-corrected chi connectivity index (χ3v) is 3.90. The van der Waals surface area contributed by atoms with Crippen molar-refractivity contribution in [1.82, 2.24) is 5.32 Å². The molecule has 1 unspecified atom stereocenters. The van der Waals surface area contributed by atoms with E-state index in [1.54, 1.807) is 19.2 Å². The van der Waals surface area contributed by atoms with Crippen molar-refractivity contribution in [3.63, 3.8) is 0 Å². The quantitative estimate of drug-likeness (QED) is 0.827. The summed E-state index contributed by atoms with van der Waals surface area (Å²) < 4.78 is 20.0. The number of hydrogen-bond donors (Lipinski definition) is 1. The Hall–Kier alpha value is -1.39. The zero-order valence-electron chi connectivity index (χ0n) is 12.2. The minimum Gasteiger partial charge on any atom is -0.496 e. The third kappa shape index (κ3) is 4.29. The minimum atomic E-state index is -0.246. The average molecular weight is 352 g/mol. The van der Waals surface area contributed by atoms with E-state index in [0.717, 1.165) is 23.0 Å². The lowest BCUT2D eigenvalue weighted by Crippen LogP contribution is -2.23. The second-order valence-electron chi connectivity index (χ2n) is 4.83. The monoisotopic (exact) mass is 351 g/mol. The highest BCUT2D eigenvalue weighted by molar-refractivity contribution is 9.10. The van der Waals surface area contributed by atoms with Gasteiger partial charge in [0.25, 0.3) is 0 Å². The molecule has 2 nitrogen and oxygen atoms in total. The Balaban J connectivity index is 2.30. The summed E-state index contributed by atoms with van der Waals surface area (Å²) in [5, 5.41) is 3.41. The molecule has 0 saturated carbocycles. The van der Waals surface area contributed by atoms with Crippen LogP contribution in [0.5, 0.6) is 5.75 Å². The van der Waals surface area contributed by atoms with Crippen molar-refractivity contribution in [2.75, 3.05) is 13.7 Å². The van der Waals surface area contributed by atoms with Crippen LogP contribution < -0.4 is 10.1 Å². The van der Waals surface area contributed by atoms with Crippen molar-refractivity contribution in [1.29, 1.82) is 0 Å². The molecule has 0 bridgehead atoms. The van der Waals surface area contributed by atoms with Crippen molar-refractivity contribution in [3.8, 4) is 5.75 Å². The molecule has 21 heavy (non-hydrogen) atoms. The predicted molar refractivity (Wildman–Crippen MR) is 87.2 cm³/mol. The van der Waals surface area contributed by atoms with Crippen LogP contribution in [0.4, 0.5) is 4.39 Å². The van der Waals surface area contributed by atoms with Gasteiger partial charge in [-0.1, -0.05) is 35.0 Å². The van der Waals surface area contributed by atoms with Crippen LogP contribution in [0.2, 0.25) is 0 Å². The lowest BCUT2D eigenvalue weighted by Gasteiger charge is -2.21. The van der Waals surface area contributed by atoms with Crippen molar-refractivity contribution < 1.29 is 9.13 Å². The molecule has 0 aliphatic rings. The molecule has 0 aliphatic heterocycles. The second-order valence-corrected chi connectivity index (χ2v) is 5.74. The van der Waals surface area contributed by atoms with E-state index in [2.05, 4.69) is 33.4 Å². The summed E-state index contributed by atoms with van der Waals surface area (Å²) in [6, 6.07) is 12.8. The molecule has 112 valence electrons. The molecule has 0 aromatic heterocycles. The molecule has 0 heterocycles. The zero-order chi connectivity index (χ0) is 15.2. The van der Waals surface area contributed by atoms with Crippen LogP contribution in [0.25, 0.3) is 0 Å². The molecule has 4 heteroatoms. The SMILES string of the molecule is CCNC(Cc1ccc(Br)cc1)c1cc(F)ccc1OC. The van der Waals surface area contributed by atoms with E-state index in [0.29, 0.717) is 5.75 Å². The van der Waals surface area contributed by atoms with Gasteiger partial charge in [-0.15, -0.1) is 0 Å². The van der Waals surface area contributed by atoms with Crippen LogP contribution in [0, 0.1) is 5.82 Å². The fourth-order valence-electron chi connectivity index (χ4n) is 2.37. The second kappa shape index (κ2) is 7.57. The first-order chi connectivity index (χ1) is 10.1. The molecule has 2 rings (SSSR count). The molecule has 0 amide bonds. The number of halogens is 2. The maximum atomic E-state index is 13.6. The average Bonchev–Trinajstić information content (AvgIpc) is 2.49. The van der Waals surface area contributed by atoms with Gasteiger partial charge in [-0.3, -0.25) is 0 Å². The Morgan fingerprint density at radius 3 is 2.52 bits per heavy atom. The first-order valence-corrected chi connectivity index (χ1v) is 7.74. The van der Waals surface area contributed by atoms with Crippen molar-refractivity contribution >= 4 is 15.9 Å². The van der Waals surface area contributed by atoms with E-state index in [-0.39, 0.29) is 11.9 Å². The highest BCUT2D eigenvalue weighted by Gasteiger charge is 2.16. The topological polar surface area (TPSA) is 21.3 Å². The van der Waals surface area contributed by atoms with Crippen molar-refractivity contribution in [2.45, 2.75) is 19.4 Å². The highest BCUT2D eigenvalue weighted by atomic mass is 79.9. The summed E-state index contributed by atoms with van der Waals surface area (Å²) in [4.78, 5) is 0. The first-order valence-electron chi connectivity index (χ1n) is 6.95. The summed E-state index contributed by atoms with van der Waals surface area (Å²) in [6.07, 6.45) is 0.779. The Bertz CT molecular complexity index is 586. The number of benzene rings is 2. The van der Waals surface area contributed by atoms with E-state index < -0.39 is 0 Å². The molecular weight excluding hydrogens is 333 g/mol. The smallest absolute Gasteiger partial charge is 0.123 e. The molecule has 0 aliphatic carbocycles. The molecule has 2 aromatic carbocycles. The van der Waals surface area contributed by atoms with E-state index >= 15 is 0 Å². The summed E-state index contributed by atoms with van der Waals surface area (Å²) in [5.74, 6) is 0.462. The zero-order valence-corrected chi connectivity index (χ0v) is 13.8. The van der Waals surface area contributed by atoms with Crippen LogP contribution in [-0.4, -0.2) is 13.7 Å². The fourth-order valence-corrected chi connectivity index (χ4v) is 2.64. The van der Waals surface area contributed by atoms with Crippen molar-refractivity contribution in [3.05, 3.63) is 63.9 Å². The lowest BCUT2D eigenvalue weighted by molar-refractivity contribution is 0.397. The Kier molecular flexibility index (Phi) is 5.76. The molecule has 0 spiro atoms. The summed E-state index contributed by atoms with van der Waals surface area (Å²) in [6.45, 7) is 2.85. The van der Waals surface area contributed by atoms with Gasteiger partial charge in [0.15, 0.2) is 0 Å². The van der Waals surface area contributed by atoms with Gasteiger partial charge in [-0.2, -0.15) is 0 Å². The number of rotatable bonds is 6. The van der Waals surface area contributed by atoms with Gasteiger partial charge in [-0.05, 0) is 48.9 Å². The maximum Gasteiger partial charge on any atom is 0.123 e. The molecule has 0 radical (unpaired) electrons. The van der Waals surface area contributed by atoms with Gasteiger partial charge in [0.2, 0.25) is 0 Å². The number of nitrogens with one attached hydrogen (secondary N) is 1. The van der Waals surface area contributed by atoms with Crippen molar-refractivity contribution in [2.24, 2.45) is 0 Å². The molecule has 0 saturated heterocycles. The summed E-state index contributed by atoms with van der Waals surface area (Å²) in [7, 11) is 1.61. The number of ether oxygens (including phenoxy) is 1. The summed E-state index contributed by atoms with van der Waals surface area (Å²) >= 11 is 3.43. The van der Waals surface area contributed by atoms with Gasteiger partial charge >= 0.3 is 0 Å². The van der Waals surface area contributed by atoms with Crippen LogP contribution in [-0.2, 0) is 6.42 Å². The largest absolute Gasteiger partial charge is 0.496 e. The van der Waals surface area contributed by atoms with Gasteiger partial charge < -0.3 is 10.1 Å². The summed E-state index contributed by atoms with van der Waals surface area (Å²) in [5.41, 5.74) is 2.04. The van der Waals surface area contributed by atoms with E-state index in [1.165, 1.54) is 11.6 Å². The molecule has 1 N–H and O–H groups in total. The van der Waals surface area contributed by atoms with E-state index in [1.807, 2.05) is 19.1 Å². The first kappa shape index (κ1) is 16.0. The lowest BCUT2D eigenvalue weighted by atomic mass is 9.98. The Morgan fingerprint density at radius 2 is 1.90 bits per heavy atom. The molecule has 2 aromatic rings. The molecular formula is C17H19BrFNO. The standard InChI is InChI=1S/C17H19BrFNO/c1-3-20-16(10-12-4-6-13(18)7-5-12)15-11-14(19)8-9-17(15)21-2/h4-9,11,16,20H,3,10H2,1-2H3. The highest BCUT2D eigenvalue weighted by Crippen LogP contribution is 2.28. The van der Waals surface area contributed by atoms with Gasteiger partial charge in [-0.25, -0.2) is 4.39 Å². The van der Waals surface area contributed by atoms with Gasteiger partial charge in [0.05, 0.1) is 7.11 Å². The molecule has 0 fully saturated rings. The number of methoxy groups -OCH3 is 1. The number of hydrogen-bond acceptors (Lipinski definition) is 2. The van der Waals surface area contributed by atoms with Gasteiger partial charge in [0, 0.05) is 16.1 Å². The fraction of sp³-hybridized carbons (Fsp3) is 0.294. The van der Waals surface area contributed by atoms with Crippen LogP contribution in [0.3, 0.4) is 0 Å². The van der Waals surface area contributed by atoms with E-state index in [9.17, 15) is 4.39 Å². The molecule has 1 atom stereocenters. The normalized spacial score (nSPS) is 12.2. The maximum absolute atomic E-state index is 13.6. The third-order valence-electron chi connectivity index (χ3n) is 3.37. The van der Waals surface area contributed by atoms with Crippen LogP contribution in [0.15, 0.2) is 46.9 Å². The van der Waals surface area contributed by atoms with E-state index in [4.69, 9.17) is 4.74 Å².